The van der Waals surface area contributed by atoms with Crippen molar-refractivity contribution in [3.63, 3.8) is 0 Å². The van der Waals surface area contributed by atoms with Gasteiger partial charge in [0, 0.05) is 18.9 Å². The molecule has 0 saturated carbocycles. The molecule has 8 nitrogen and oxygen atoms in total. The topological polar surface area (TPSA) is 103 Å². The Morgan fingerprint density at radius 1 is 1.30 bits per heavy atom. The van der Waals surface area contributed by atoms with Crippen molar-refractivity contribution in [2.24, 2.45) is 0 Å². The number of carbonyl (C=O) groups is 2. The van der Waals surface area contributed by atoms with Gasteiger partial charge in [0.1, 0.15) is 5.75 Å². The summed E-state index contributed by atoms with van der Waals surface area (Å²) in [6.07, 6.45) is 0.784. The van der Waals surface area contributed by atoms with Crippen LogP contribution in [0.5, 0.6) is 5.75 Å². The van der Waals surface area contributed by atoms with Crippen molar-refractivity contribution in [2.45, 2.75) is 31.7 Å². The van der Waals surface area contributed by atoms with Crippen LogP contribution in [-0.4, -0.2) is 52.6 Å². The normalized spacial score (nSPS) is 15.9. The standard InChI is InChI=1S/C19H23N3O5/c1-13-11-16(21-22(13)14-3-5-15(26-2)6-4-14)18(25)20-19(12-17(23)24)7-9-27-10-8-19/h3-6,11H,7-10,12H2,1-2H3,(H,20,25)(H,23,24). The van der Waals surface area contributed by atoms with E-state index in [2.05, 4.69) is 10.4 Å². The zero-order chi connectivity index (χ0) is 19.4. The van der Waals surface area contributed by atoms with Gasteiger partial charge in [0.25, 0.3) is 5.91 Å². The Labute approximate surface area is 157 Å². The lowest BCUT2D eigenvalue weighted by atomic mass is 9.86. The molecule has 0 radical (unpaired) electrons. The van der Waals surface area contributed by atoms with Crippen LogP contribution >= 0.6 is 0 Å². The number of amides is 1. The number of ether oxygens (including phenoxy) is 2. The van der Waals surface area contributed by atoms with E-state index >= 15 is 0 Å². The van der Waals surface area contributed by atoms with Crippen molar-refractivity contribution in [1.29, 1.82) is 0 Å². The molecule has 1 amide bonds. The highest BCUT2D eigenvalue weighted by atomic mass is 16.5. The maximum absolute atomic E-state index is 12.8. The van der Waals surface area contributed by atoms with Crippen molar-refractivity contribution >= 4 is 11.9 Å². The van der Waals surface area contributed by atoms with Crippen LogP contribution in [0.3, 0.4) is 0 Å². The molecule has 0 aliphatic carbocycles. The summed E-state index contributed by atoms with van der Waals surface area (Å²) in [7, 11) is 1.60. The van der Waals surface area contributed by atoms with Crippen LogP contribution < -0.4 is 10.1 Å². The van der Waals surface area contributed by atoms with Crippen molar-refractivity contribution in [2.75, 3.05) is 20.3 Å². The molecule has 1 aromatic heterocycles. The number of carboxylic acid groups (broad SMARTS) is 1. The van der Waals surface area contributed by atoms with E-state index in [0.717, 1.165) is 17.1 Å². The molecule has 2 aromatic rings. The predicted octanol–water partition coefficient (Wildman–Crippen LogP) is 1.94. The molecule has 0 bridgehead atoms. The molecule has 0 unspecified atom stereocenters. The Morgan fingerprint density at radius 2 is 1.96 bits per heavy atom. The number of rotatable bonds is 6. The average molecular weight is 373 g/mol. The first-order valence-corrected chi connectivity index (χ1v) is 8.76. The molecule has 1 aliphatic heterocycles. The van der Waals surface area contributed by atoms with Gasteiger partial charge >= 0.3 is 5.97 Å². The number of hydrogen-bond acceptors (Lipinski definition) is 5. The minimum absolute atomic E-state index is 0.139. The number of nitrogens with one attached hydrogen (secondary N) is 1. The summed E-state index contributed by atoms with van der Waals surface area (Å²) in [6, 6.07) is 9.03. The number of methoxy groups -OCH3 is 1. The van der Waals surface area contributed by atoms with Gasteiger partial charge in [-0.05, 0) is 50.1 Å². The van der Waals surface area contributed by atoms with E-state index in [1.165, 1.54) is 0 Å². The summed E-state index contributed by atoms with van der Waals surface area (Å²) in [5.74, 6) is -0.595. The first kappa shape index (κ1) is 18.9. The molecule has 27 heavy (non-hydrogen) atoms. The summed E-state index contributed by atoms with van der Waals surface area (Å²) < 4.78 is 12.1. The van der Waals surface area contributed by atoms with Gasteiger partial charge in [-0.15, -0.1) is 0 Å². The molecular formula is C19H23N3O5. The van der Waals surface area contributed by atoms with E-state index in [1.807, 2.05) is 31.2 Å². The summed E-state index contributed by atoms with van der Waals surface area (Å²) in [4.78, 5) is 24.0. The highest BCUT2D eigenvalue weighted by Gasteiger charge is 2.37. The molecular weight excluding hydrogens is 350 g/mol. The SMILES string of the molecule is COc1ccc(-n2nc(C(=O)NC3(CC(=O)O)CCOCC3)cc2C)cc1. The lowest BCUT2D eigenvalue weighted by Gasteiger charge is -2.36. The highest BCUT2D eigenvalue weighted by Crippen LogP contribution is 2.25. The Morgan fingerprint density at radius 3 is 2.56 bits per heavy atom. The van der Waals surface area contributed by atoms with Crippen LogP contribution in [-0.2, 0) is 9.53 Å². The van der Waals surface area contributed by atoms with Crippen molar-refractivity contribution in [3.05, 3.63) is 41.7 Å². The van der Waals surface area contributed by atoms with Gasteiger partial charge in [0.15, 0.2) is 5.69 Å². The quantitative estimate of drug-likeness (QED) is 0.802. The van der Waals surface area contributed by atoms with Crippen molar-refractivity contribution < 1.29 is 24.2 Å². The molecule has 3 rings (SSSR count). The first-order chi connectivity index (χ1) is 12.9. The number of aryl methyl sites for hydroxylation is 1. The summed E-state index contributed by atoms with van der Waals surface area (Å²) in [6.45, 7) is 2.70. The molecule has 2 N–H and O–H groups in total. The summed E-state index contributed by atoms with van der Waals surface area (Å²) in [5, 5.41) is 16.5. The third-order valence-electron chi connectivity index (χ3n) is 4.76. The van der Waals surface area contributed by atoms with E-state index in [9.17, 15) is 14.7 Å². The Hall–Kier alpha value is -2.87. The van der Waals surface area contributed by atoms with Crippen LogP contribution in [0.25, 0.3) is 5.69 Å². The molecule has 1 fully saturated rings. The second-order valence-electron chi connectivity index (χ2n) is 6.70. The number of carbonyl (C=O) groups excluding carboxylic acids is 1. The largest absolute Gasteiger partial charge is 0.497 e. The Kier molecular flexibility index (Phi) is 5.46. The van der Waals surface area contributed by atoms with Gasteiger partial charge in [-0.1, -0.05) is 0 Å². The average Bonchev–Trinajstić information content (AvgIpc) is 3.04. The van der Waals surface area contributed by atoms with E-state index in [1.54, 1.807) is 17.9 Å². The molecule has 1 aromatic carbocycles. The highest BCUT2D eigenvalue weighted by molar-refractivity contribution is 5.93. The summed E-state index contributed by atoms with van der Waals surface area (Å²) in [5.41, 5.74) is 1.04. The van der Waals surface area contributed by atoms with Gasteiger partial charge in [0.05, 0.1) is 24.8 Å². The van der Waals surface area contributed by atoms with Crippen LogP contribution in [0, 0.1) is 6.92 Å². The maximum Gasteiger partial charge on any atom is 0.305 e. The third-order valence-corrected chi connectivity index (χ3v) is 4.76. The fourth-order valence-corrected chi connectivity index (χ4v) is 3.27. The Bertz CT molecular complexity index is 822. The van der Waals surface area contributed by atoms with E-state index in [-0.39, 0.29) is 18.0 Å². The molecule has 8 heteroatoms. The number of benzene rings is 1. The number of nitrogens with zero attached hydrogens (tertiary/aromatic N) is 2. The molecule has 1 aliphatic rings. The van der Waals surface area contributed by atoms with E-state index in [0.29, 0.717) is 26.1 Å². The zero-order valence-corrected chi connectivity index (χ0v) is 15.4. The summed E-state index contributed by atoms with van der Waals surface area (Å²) >= 11 is 0. The second kappa shape index (κ2) is 7.79. The minimum atomic E-state index is -0.947. The molecule has 0 spiro atoms. The molecule has 0 atom stereocenters. The monoisotopic (exact) mass is 373 g/mol. The smallest absolute Gasteiger partial charge is 0.305 e. The van der Waals surface area contributed by atoms with E-state index in [4.69, 9.17) is 9.47 Å². The van der Waals surface area contributed by atoms with Gasteiger partial charge in [0.2, 0.25) is 0 Å². The number of aliphatic carboxylic acids is 1. The van der Waals surface area contributed by atoms with Crippen molar-refractivity contribution in [3.8, 4) is 11.4 Å². The number of hydrogen-bond donors (Lipinski definition) is 2. The maximum atomic E-state index is 12.8. The second-order valence-corrected chi connectivity index (χ2v) is 6.70. The lowest BCUT2D eigenvalue weighted by molar-refractivity contribution is -0.139. The van der Waals surface area contributed by atoms with Crippen LogP contribution in [0.4, 0.5) is 0 Å². The van der Waals surface area contributed by atoms with Gasteiger partial charge in [-0.2, -0.15) is 5.10 Å². The van der Waals surface area contributed by atoms with E-state index < -0.39 is 11.5 Å². The fourth-order valence-electron chi connectivity index (χ4n) is 3.27. The van der Waals surface area contributed by atoms with Gasteiger partial charge < -0.3 is 19.9 Å². The molecule has 144 valence electrons. The number of carboxylic acids is 1. The first-order valence-electron chi connectivity index (χ1n) is 8.76. The Balaban J connectivity index is 1.81. The van der Waals surface area contributed by atoms with Gasteiger partial charge in [-0.25, -0.2) is 4.68 Å². The van der Waals surface area contributed by atoms with Crippen molar-refractivity contribution in [1.82, 2.24) is 15.1 Å². The zero-order valence-electron chi connectivity index (χ0n) is 15.4. The van der Waals surface area contributed by atoms with Crippen LogP contribution in [0.15, 0.2) is 30.3 Å². The lowest BCUT2D eigenvalue weighted by Crippen LogP contribution is -2.53. The predicted molar refractivity (Wildman–Crippen MR) is 97.4 cm³/mol. The fraction of sp³-hybridized carbons (Fsp3) is 0.421. The minimum Gasteiger partial charge on any atom is -0.497 e. The van der Waals surface area contributed by atoms with Crippen LogP contribution in [0.2, 0.25) is 0 Å². The van der Waals surface area contributed by atoms with Gasteiger partial charge in [-0.3, -0.25) is 9.59 Å². The number of aromatic nitrogens is 2. The third kappa shape index (κ3) is 4.28. The molecule has 2 heterocycles. The van der Waals surface area contributed by atoms with Crippen LogP contribution in [0.1, 0.15) is 35.4 Å². The molecule has 1 saturated heterocycles.